The van der Waals surface area contributed by atoms with Gasteiger partial charge in [0, 0.05) is 0 Å². The Balaban J connectivity index is 2.37. The van der Waals surface area contributed by atoms with Crippen molar-refractivity contribution in [3.63, 3.8) is 0 Å². The van der Waals surface area contributed by atoms with Crippen LogP contribution in [-0.2, 0) is 0 Å². The highest BCUT2D eigenvalue weighted by Crippen LogP contribution is 2.38. The van der Waals surface area contributed by atoms with Gasteiger partial charge in [0.05, 0.1) is 19.8 Å². The van der Waals surface area contributed by atoms with Gasteiger partial charge in [-0.05, 0) is 31.4 Å². The molecule has 0 unspecified atom stereocenters. The Kier molecular flexibility index (Phi) is 34.3. The minimum atomic E-state index is 0.741. The van der Waals surface area contributed by atoms with E-state index in [9.17, 15) is 0 Å². The molecule has 0 heterocycles. The molecule has 1 aromatic carbocycles. The molecule has 1 rings (SSSR count). The van der Waals surface area contributed by atoms with Gasteiger partial charge in [0.25, 0.3) is 0 Å². The average Bonchev–Trinajstić information content (AvgIpc) is 3.10. The molecule has 0 aliphatic rings. The molecule has 0 spiro atoms. The molecule has 0 atom stereocenters. The Morgan fingerprint density at radius 2 is 0.521 bits per heavy atom. The first-order valence-corrected chi connectivity index (χ1v) is 21.8. The summed E-state index contributed by atoms with van der Waals surface area (Å²) in [6.45, 7) is 9.14. The van der Waals surface area contributed by atoms with Crippen molar-refractivity contribution >= 4 is 0 Å². The van der Waals surface area contributed by atoms with Crippen LogP contribution in [-0.4, -0.2) is 19.8 Å². The Morgan fingerprint density at radius 3 is 0.792 bits per heavy atom. The van der Waals surface area contributed by atoms with Crippen LogP contribution in [0.5, 0.6) is 17.2 Å². The lowest BCUT2D eigenvalue weighted by atomic mass is 10.1. The van der Waals surface area contributed by atoms with Gasteiger partial charge in [-0.15, -0.1) is 0 Å². The third-order valence-corrected chi connectivity index (χ3v) is 9.95. The molecule has 48 heavy (non-hydrogen) atoms. The molecule has 3 heteroatoms. The van der Waals surface area contributed by atoms with Crippen LogP contribution in [0.25, 0.3) is 0 Å². The summed E-state index contributed by atoms with van der Waals surface area (Å²) < 4.78 is 19.1. The Labute approximate surface area is 301 Å². The van der Waals surface area contributed by atoms with Gasteiger partial charge in [0.15, 0.2) is 11.5 Å². The number of hydrogen-bond donors (Lipinski definition) is 0. The highest BCUT2D eigenvalue weighted by Gasteiger charge is 2.13. The molecule has 0 saturated carbocycles. The zero-order chi connectivity index (χ0) is 34.4. The van der Waals surface area contributed by atoms with Crippen molar-refractivity contribution in [2.75, 3.05) is 19.8 Å². The number of rotatable bonds is 39. The summed E-state index contributed by atoms with van der Waals surface area (Å²) >= 11 is 0. The van der Waals surface area contributed by atoms with Gasteiger partial charge in [0.1, 0.15) is 0 Å². The average molecular weight is 673 g/mol. The molecular formula is C45H84O3. The van der Waals surface area contributed by atoms with E-state index in [1.54, 1.807) is 0 Å². The molecule has 282 valence electrons. The number of hydrogen-bond acceptors (Lipinski definition) is 3. The fourth-order valence-electron chi connectivity index (χ4n) is 6.70. The van der Waals surface area contributed by atoms with E-state index in [4.69, 9.17) is 14.2 Å². The maximum Gasteiger partial charge on any atom is 0.203 e. The van der Waals surface area contributed by atoms with Crippen molar-refractivity contribution in [2.24, 2.45) is 0 Å². The number of benzene rings is 1. The normalized spacial score (nSPS) is 11.3. The van der Waals surface area contributed by atoms with E-state index in [-0.39, 0.29) is 0 Å². The van der Waals surface area contributed by atoms with E-state index in [0.29, 0.717) is 0 Å². The van der Waals surface area contributed by atoms with Crippen LogP contribution in [0, 0.1) is 0 Å². The molecule has 0 aliphatic carbocycles. The first kappa shape index (κ1) is 44.6. The van der Waals surface area contributed by atoms with Crippen molar-refractivity contribution in [3.8, 4) is 17.2 Å². The molecular weight excluding hydrogens is 588 g/mol. The summed E-state index contributed by atoms with van der Waals surface area (Å²) in [5.74, 6) is 2.55. The van der Waals surface area contributed by atoms with Crippen LogP contribution in [0.1, 0.15) is 233 Å². The highest BCUT2D eigenvalue weighted by atomic mass is 16.5. The van der Waals surface area contributed by atoms with Gasteiger partial charge in [-0.2, -0.15) is 0 Å². The molecule has 0 aromatic heterocycles. The molecule has 0 aliphatic heterocycles. The van der Waals surface area contributed by atoms with Crippen molar-refractivity contribution in [1.82, 2.24) is 0 Å². The van der Waals surface area contributed by atoms with E-state index < -0.39 is 0 Å². The van der Waals surface area contributed by atoms with Crippen molar-refractivity contribution in [2.45, 2.75) is 233 Å². The third-order valence-electron chi connectivity index (χ3n) is 9.95. The second-order valence-corrected chi connectivity index (χ2v) is 14.7. The van der Waals surface area contributed by atoms with Crippen LogP contribution in [0.4, 0.5) is 0 Å². The monoisotopic (exact) mass is 673 g/mol. The van der Waals surface area contributed by atoms with E-state index in [2.05, 4.69) is 39.0 Å². The zero-order valence-electron chi connectivity index (χ0n) is 32.9. The standard InChI is InChI=1S/C45H84O3/c1-4-7-10-13-16-19-22-25-28-31-34-40-46-43-38-37-39-44(47-41-35-32-29-26-23-20-17-14-11-8-5-2)45(43)48-42-36-33-30-27-24-21-18-15-12-9-6-3/h37-39H,4-36,40-42H2,1-3H3. The Bertz CT molecular complexity index is 716. The van der Waals surface area contributed by atoms with Gasteiger partial charge in [0.2, 0.25) is 5.75 Å². The topological polar surface area (TPSA) is 27.7 Å². The lowest BCUT2D eigenvalue weighted by molar-refractivity contribution is 0.234. The van der Waals surface area contributed by atoms with Gasteiger partial charge < -0.3 is 14.2 Å². The molecule has 0 saturated heterocycles. The smallest absolute Gasteiger partial charge is 0.203 e. The summed E-state index contributed by atoms with van der Waals surface area (Å²) in [6, 6.07) is 6.22. The fraction of sp³-hybridized carbons (Fsp3) is 0.867. The molecule has 0 amide bonds. The highest BCUT2D eigenvalue weighted by molar-refractivity contribution is 5.51. The lowest BCUT2D eigenvalue weighted by Gasteiger charge is -2.17. The maximum atomic E-state index is 6.42. The second-order valence-electron chi connectivity index (χ2n) is 14.7. The minimum absolute atomic E-state index is 0.741. The maximum absolute atomic E-state index is 6.42. The third kappa shape index (κ3) is 28.5. The van der Waals surface area contributed by atoms with Gasteiger partial charge >= 0.3 is 0 Å². The molecule has 3 nitrogen and oxygen atoms in total. The van der Waals surface area contributed by atoms with Crippen LogP contribution in [0.15, 0.2) is 18.2 Å². The van der Waals surface area contributed by atoms with Gasteiger partial charge in [-0.25, -0.2) is 0 Å². The Morgan fingerprint density at radius 1 is 0.292 bits per heavy atom. The molecule has 0 N–H and O–H groups in total. The fourth-order valence-corrected chi connectivity index (χ4v) is 6.70. The molecule has 0 bridgehead atoms. The minimum Gasteiger partial charge on any atom is -0.490 e. The predicted molar refractivity (Wildman–Crippen MR) is 212 cm³/mol. The van der Waals surface area contributed by atoms with Crippen LogP contribution >= 0.6 is 0 Å². The van der Waals surface area contributed by atoms with Crippen molar-refractivity contribution < 1.29 is 14.2 Å². The predicted octanol–water partition coefficient (Wildman–Crippen LogP) is 15.8. The quantitative estimate of drug-likeness (QED) is 0.0652. The first-order chi connectivity index (χ1) is 23.8. The summed E-state index contributed by atoms with van der Waals surface area (Å²) in [6.07, 6.45) is 44.5. The Hall–Kier alpha value is -1.38. The zero-order valence-corrected chi connectivity index (χ0v) is 32.9. The number of ether oxygens (including phenoxy) is 3. The lowest BCUT2D eigenvalue weighted by Crippen LogP contribution is -2.06. The molecule has 0 fully saturated rings. The van der Waals surface area contributed by atoms with E-state index in [0.717, 1.165) is 56.3 Å². The SMILES string of the molecule is CCCCCCCCCCCCCOc1cccc(OCCCCCCCCCCCCC)c1OCCCCCCCCCCCCC. The van der Waals surface area contributed by atoms with Crippen LogP contribution in [0.2, 0.25) is 0 Å². The molecule has 1 aromatic rings. The van der Waals surface area contributed by atoms with Crippen molar-refractivity contribution in [3.05, 3.63) is 18.2 Å². The van der Waals surface area contributed by atoms with E-state index >= 15 is 0 Å². The summed E-state index contributed by atoms with van der Waals surface area (Å²) in [4.78, 5) is 0. The summed E-state index contributed by atoms with van der Waals surface area (Å²) in [5, 5.41) is 0. The molecule has 0 radical (unpaired) electrons. The number of para-hydroxylation sites is 1. The van der Waals surface area contributed by atoms with Gasteiger partial charge in [-0.3, -0.25) is 0 Å². The summed E-state index contributed by atoms with van der Waals surface area (Å²) in [5.41, 5.74) is 0. The van der Waals surface area contributed by atoms with E-state index in [1.807, 2.05) is 0 Å². The van der Waals surface area contributed by atoms with Crippen molar-refractivity contribution in [1.29, 1.82) is 0 Å². The first-order valence-electron chi connectivity index (χ1n) is 21.8. The van der Waals surface area contributed by atoms with Crippen LogP contribution < -0.4 is 14.2 Å². The second kappa shape index (κ2) is 36.9. The van der Waals surface area contributed by atoms with E-state index in [1.165, 1.54) is 193 Å². The number of unbranched alkanes of at least 4 members (excludes halogenated alkanes) is 30. The largest absolute Gasteiger partial charge is 0.490 e. The van der Waals surface area contributed by atoms with Crippen LogP contribution in [0.3, 0.4) is 0 Å². The van der Waals surface area contributed by atoms with Gasteiger partial charge in [-0.1, -0.05) is 219 Å². The summed E-state index contributed by atoms with van der Waals surface area (Å²) in [7, 11) is 0.